The number of hydrogen-bond donors (Lipinski definition) is 0. The summed E-state index contributed by atoms with van der Waals surface area (Å²) in [4.78, 5) is 17.8. The molecule has 8 heterocycles. The first-order valence-electron chi connectivity index (χ1n) is 43.9. The highest BCUT2D eigenvalue weighted by Crippen LogP contribution is 2.34. The van der Waals surface area contributed by atoms with E-state index in [9.17, 15) is 0 Å². The molecule has 0 radical (unpaired) electrons. The SMILES string of the molecule is CC(C)c1cccc(-c2ccc(N3CCN(C)CC3)nc2)c1.CC(C)c1cccc(-c2ccnn2C)c1.CC(C)c1cccc(-c2cnn(C(C)C)c2)c1.CC(C)c1cccc(-c2cnn(C)c2)c1.CC(C)c1cccc(-c2cnn(Cc3ccccc3)c2)c1.COc1cc(-c2cccc(C(C)C)c2)ccn1.COc1ncccc1-c1cccc(C(C)C)c1. The van der Waals surface area contributed by atoms with Crippen LogP contribution in [0.5, 0.6) is 11.8 Å². The van der Waals surface area contributed by atoms with E-state index in [-0.39, 0.29) is 0 Å². The first kappa shape index (κ1) is 93.7. The Bertz CT molecular complexity index is 5700. The lowest BCUT2D eigenvalue weighted by Crippen LogP contribution is -2.44. The van der Waals surface area contributed by atoms with Gasteiger partial charge in [0.05, 0.1) is 45.0 Å². The molecule has 15 heteroatoms. The molecule has 1 aliphatic heterocycles. The van der Waals surface area contributed by atoms with Crippen LogP contribution in [-0.2, 0) is 20.6 Å². The van der Waals surface area contributed by atoms with E-state index in [1.807, 2.05) is 106 Å². The summed E-state index contributed by atoms with van der Waals surface area (Å²) in [5.74, 6) is 6.29. The van der Waals surface area contributed by atoms with E-state index in [1.165, 1.54) is 100 Å². The molecule has 0 saturated carbocycles. The van der Waals surface area contributed by atoms with E-state index in [0.29, 0.717) is 59.2 Å². The molecule has 15 nitrogen and oxygen atoms in total. The normalized spacial score (nSPS) is 11.9. The zero-order chi connectivity index (χ0) is 88.8. The monoisotopic (exact) mass is 1650 g/mol. The smallest absolute Gasteiger partial charge is 0.221 e. The van der Waals surface area contributed by atoms with Crippen molar-refractivity contribution in [2.24, 2.45) is 14.1 Å². The minimum atomic E-state index is 0.414. The number of nitrogens with zero attached hydrogens (tertiary/aromatic N) is 13. The number of aromatic nitrogens is 11. The second-order valence-corrected chi connectivity index (χ2v) is 34.3. The fourth-order valence-corrected chi connectivity index (χ4v) is 14.1. The molecule has 0 N–H and O–H groups in total. The van der Waals surface area contributed by atoms with E-state index in [2.05, 4.69) is 382 Å². The maximum Gasteiger partial charge on any atom is 0.221 e. The number of hydrogen-bond acceptors (Lipinski definition) is 11. The van der Waals surface area contributed by atoms with Gasteiger partial charge in [-0.05, 0) is 188 Å². The van der Waals surface area contributed by atoms with Gasteiger partial charge in [-0.25, -0.2) is 15.0 Å². The van der Waals surface area contributed by atoms with Crippen LogP contribution in [-0.4, -0.2) is 106 Å². The predicted molar refractivity (Wildman–Crippen MR) is 519 cm³/mol. The molecule has 0 atom stereocenters. The molecule has 1 aliphatic rings. The van der Waals surface area contributed by atoms with Crippen LogP contribution in [0.2, 0.25) is 0 Å². The number of benzene rings is 8. The van der Waals surface area contributed by atoms with E-state index in [4.69, 9.17) is 9.47 Å². The Morgan fingerprint density at radius 2 is 0.750 bits per heavy atom. The van der Waals surface area contributed by atoms with Crippen LogP contribution in [0.15, 0.2) is 305 Å². The largest absolute Gasteiger partial charge is 0.481 e. The van der Waals surface area contributed by atoms with Crippen LogP contribution >= 0.6 is 0 Å². The molecule has 124 heavy (non-hydrogen) atoms. The van der Waals surface area contributed by atoms with Crippen LogP contribution in [0.25, 0.3) is 78.0 Å². The van der Waals surface area contributed by atoms with Gasteiger partial charge in [-0.1, -0.05) is 291 Å². The Hall–Kier alpha value is -12.6. The quantitative estimate of drug-likeness (QED) is 0.0722. The molecule has 15 aromatic rings. The topological polar surface area (TPSA) is 135 Å². The Balaban J connectivity index is 0.000000152. The summed E-state index contributed by atoms with van der Waals surface area (Å²) in [6, 6.07) is 85.7. The van der Waals surface area contributed by atoms with E-state index in [1.54, 1.807) is 26.6 Å². The molecule has 0 bridgehead atoms. The van der Waals surface area contributed by atoms with Gasteiger partial charge in [0, 0.05) is 129 Å². The van der Waals surface area contributed by atoms with Gasteiger partial charge in [-0.2, -0.15) is 20.4 Å². The molecular formula is C109H131N13O2. The Morgan fingerprint density at radius 1 is 0.315 bits per heavy atom. The summed E-state index contributed by atoms with van der Waals surface area (Å²) in [5, 5.41) is 17.2. The van der Waals surface area contributed by atoms with Crippen LogP contribution in [0.3, 0.4) is 0 Å². The van der Waals surface area contributed by atoms with Gasteiger partial charge < -0.3 is 19.3 Å². The molecule has 8 aromatic carbocycles. The number of aryl methyl sites for hydroxylation is 2. The van der Waals surface area contributed by atoms with Gasteiger partial charge in [-0.3, -0.25) is 18.7 Å². The van der Waals surface area contributed by atoms with Gasteiger partial charge in [0.25, 0.3) is 0 Å². The molecule has 16 rings (SSSR count). The number of anilines is 1. The summed E-state index contributed by atoms with van der Waals surface area (Å²) >= 11 is 0. The average Bonchev–Trinajstić information content (AvgIpc) is 0.960. The van der Waals surface area contributed by atoms with E-state index < -0.39 is 0 Å². The van der Waals surface area contributed by atoms with Crippen molar-refractivity contribution in [2.45, 2.75) is 165 Å². The maximum atomic E-state index is 5.29. The second-order valence-electron chi connectivity index (χ2n) is 34.3. The Morgan fingerprint density at radius 3 is 1.19 bits per heavy atom. The molecule has 1 saturated heterocycles. The van der Waals surface area contributed by atoms with Crippen LogP contribution in [0.4, 0.5) is 5.82 Å². The summed E-state index contributed by atoms with van der Waals surface area (Å²) < 4.78 is 18.2. The zero-order valence-electron chi connectivity index (χ0n) is 77.2. The van der Waals surface area contributed by atoms with Gasteiger partial charge in [0.1, 0.15) is 5.82 Å². The average molecular weight is 1660 g/mol. The summed E-state index contributed by atoms with van der Waals surface area (Å²) in [7, 11) is 9.37. The first-order chi connectivity index (χ1) is 59.7. The standard InChI is InChI=1S/C19H25N3.C19H20N2.C15H20N2.2C15H17NO.2C13H16N2/c1-15(2)16-5-4-6-17(13-16)18-7-8-19(20-14-18)22-11-9-21(3)10-12-22;1-15(2)17-9-6-10-18(11-17)19-12-20-21(14-19)13-16-7-4-3-5-8-16;1-11(2)13-6-5-7-14(8-13)15-9-16-17(10-15)12(3)4;1-11(2)12-6-4-7-13(10-12)14-8-5-9-16-15(14)17-3;1-11(2)12-5-4-6-13(9-12)14-7-8-16-15(10-14)17-3;1-10(2)11-5-4-6-12(7-11)13-8-14-15(3)9-13;1-10(2)11-5-4-6-12(9-11)13-7-8-14-15(13)3/h4-8,13-15H,9-12H2,1-3H3;3-12,14-15H,13H2,1-2H3;5-12H,1-4H3;2*4-11H,1-3H3;2*4-10H,1-3H3. The van der Waals surface area contributed by atoms with Crippen LogP contribution in [0, 0.1) is 0 Å². The lowest BCUT2D eigenvalue weighted by Gasteiger charge is -2.33. The molecule has 1 fully saturated rings. The summed E-state index contributed by atoms with van der Waals surface area (Å²) in [5.41, 5.74) is 27.5. The highest BCUT2D eigenvalue weighted by molar-refractivity contribution is 5.71. The number of piperazine rings is 1. The molecule has 0 unspecified atom stereocenters. The number of rotatable bonds is 20. The number of methoxy groups -OCH3 is 2. The van der Waals surface area contributed by atoms with Gasteiger partial charge >= 0.3 is 0 Å². The molecule has 0 aliphatic carbocycles. The van der Waals surface area contributed by atoms with Crippen molar-refractivity contribution in [2.75, 3.05) is 52.3 Å². The van der Waals surface area contributed by atoms with Crippen molar-refractivity contribution in [1.29, 1.82) is 0 Å². The summed E-state index contributed by atoms with van der Waals surface area (Å²) in [6.07, 6.45) is 19.4. The molecule has 7 aromatic heterocycles. The van der Waals surface area contributed by atoms with Gasteiger partial charge in [-0.15, -0.1) is 0 Å². The van der Waals surface area contributed by atoms with Crippen molar-refractivity contribution >= 4 is 5.82 Å². The first-order valence-corrected chi connectivity index (χ1v) is 43.9. The van der Waals surface area contributed by atoms with E-state index in [0.717, 1.165) is 60.9 Å². The van der Waals surface area contributed by atoms with Crippen LogP contribution in [0.1, 0.15) is 203 Å². The number of ether oxygens (including phenoxy) is 2. The molecule has 0 spiro atoms. The minimum Gasteiger partial charge on any atom is -0.481 e. The van der Waals surface area contributed by atoms with E-state index >= 15 is 0 Å². The third kappa shape index (κ3) is 27.7. The second kappa shape index (κ2) is 46.6. The fraction of sp³-hybridized carbons (Fsp3) is 0.312. The number of likely N-dealkylation sites (N-methyl/N-ethyl adjacent to an activating group) is 1. The maximum absolute atomic E-state index is 5.29. The van der Waals surface area contributed by atoms with Crippen molar-refractivity contribution in [3.63, 3.8) is 0 Å². The zero-order valence-corrected chi connectivity index (χ0v) is 77.2. The lowest BCUT2D eigenvalue weighted by atomic mass is 9.98. The van der Waals surface area contributed by atoms with Gasteiger partial charge in [0.15, 0.2) is 0 Å². The Kier molecular flexibility index (Phi) is 35.2. The van der Waals surface area contributed by atoms with Crippen molar-refractivity contribution in [1.82, 2.24) is 59.0 Å². The molecule has 0 amide bonds. The van der Waals surface area contributed by atoms with Crippen molar-refractivity contribution < 1.29 is 9.47 Å². The third-order valence-corrected chi connectivity index (χ3v) is 22.1. The predicted octanol–water partition coefficient (Wildman–Crippen LogP) is 26.8. The minimum absolute atomic E-state index is 0.414. The lowest BCUT2D eigenvalue weighted by molar-refractivity contribution is 0.312. The van der Waals surface area contributed by atoms with Gasteiger partial charge in [0.2, 0.25) is 11.8 Å². The highest BCUT2D eigenvalue weighted by Gasteiger charge is 2.17. The van der Waals surface area contributed by atoms with Crippen molar-refractivity contribution in [3.8, 4) is 89.8 Å². The molecule has 644 valence electrons. The highest BCUT2D eigenvalue weighted by atomic mass is 16.5. The van der Waals surface area contributed by atoms with Crippen LogP contribution < -0.4 is 14.4 Å². The van der Waals surface area contributed by atoms with Crippen molar-refractivity contribution in [3.05, 3.63) is 349 Å². The molecular weight excluding hydrogens is 1520 g/mol. The Labute approximate surface area is 740 Å². The number of pyridine rings is 3. The third-order valence-electron chi connectivity index (χ3n) is 22.1. The fourth-order valence-electron chi connectivity index (χ4n) is 14.1. The summed E-state index contributed by atoms with van der Waals surface area (Å²) in [6.45, 7) is 40.4.